The fourth-order valence-electron chi connectivity index (χ4n) is 2.55. The molecule has 2 nitrogen and oxygen atoms in total. The first kappa shape index (κ1) is 14.6. The van der Waals surface area contributed by atoms with E-state index in [4.69, 9.17) is 16.0 Å². The van der Waals surface area contributed by atoms with Gasteiger partial charge in [-0.2, -0.15) is 0 Å². The van der Waals surface area contributed by atoms with Crippen molar-refractivity contribution in [3.05, 3.63) is 68.8 Å². The van der Waals surface area contributed by atoms with Crippen LogP contribution in [-0.2, 0) is 0 Å². The van der Waals surface area contributed by atoms with Crippen LogP contribution in [0.5, 0.6) is 0 Å². The zero-order valence-electron chi connectivity index (χ0n) is 11.8. The molecule has 1 heterocycles. The number of rotatable bonds is 3. The summed E-state index contributed by atoms with van der Waals surface area (Å²) in [6, 6.07) is 14.0. The van der Waals surface area contributed by atoms with Crippen molar-refractivity contribution in [1.29, 1.82) is 0 Å². The van der Waals surface area contributed by atoms with Crippen molar-refractivity contribution in [2.45, 2.75) is 13.0 Å². The van der Waals surface area contributed by atoms with Crippen molar-refractivity contribution >= 4 is 38.5 Å². The van der Waals surface area contributed by atoms with Crippen LogP contribution in [0.1, 0.15) is 22.9 Å². The molecule has 1 aromatic heterocycles. The molecule has 0 amide bonds. The number of aryl methyl sites for hydroxylation is 1. The van der Waals surface area contributed by atoms with E-state index in [0.29, 0.717) is 0 Å². The van der Waals surface area contributed by atoms with E-state index in [0.717, 1.165) is 26.2 Å². The zero-order chi connectivity index (χ0) is 15.0. The molecular weight excluding hydrogens is 350 g/mol. The van der Waals surface area contributed by atoms with Crippen LogP contribution in [0.15, 0.2) is 51.4 Å². The fraction of sp³-hybridized carbons (Fsp3) is 0.176. The molecular formula is C17H15BrClNO. The zero-order valence-corrected chi connectivity index (χ0v) is 14.1. The smallest absolute Gasteiger partial charge is 0.134 e. The number of fused-ring (bicyclic) bond motifs is 1. The molecule has 21 heavy (non-hydrogen) atoms. The molecule has 0 fully saturated rings. The molecule has 0 radical (unpaired) electrons. The molecule has 0 aliphatic carbocycles. The molecule has 0 saturated carbocycles. The fourth-order valence-corrected chi connectivity index (χ4v) is 3.11. The van der Waals surface area contributed by atoms with Gasteiger partial charge in [-0.15, -0.1) is 0 Å². The second kappa shape index (κ2) is 5.84. The highest BCUT2D eigenvalue weighted by molar-refractivity contribution is 9.10. The summed E-state index contributed by atoms with van der Waals surface area (Å²) in [6.07, 6.45) is 0. The van der Waals surface area contributed by atoms with E-state index < -0.39 is 0 Å². The van der Waals surface area contributed by atoms with Crippen molar-refractivity contribution in [2.75, 3.05) is 7.05 Å². The molecule has 3 aromatic rings. The molecule has 3 rings (SSSR count). The molecule has 2 aromatic carbocycles. The van der Waals surface area contributed by atoms with Crippen LogP contribution in [0, 0.1) is 6.92 Å². The van der Waals surface area contributed by atoms with Crippen molar-refractivity contribution in [2.24, 2.45) is 0 Å². The molecule has 1 N–H and O–H groups in total. The second-order valence-electron chi connectivity index (χ2n) is 5.05. The molecule has 0 aliphatic heterocycles. The number of hydrogen-bond acceptors (Lipinski definition) is 2. The summed E-state index contributed by atoms with van der Waals surface area (Å²) in [4.78, 5) is 0. The van der Waals surface area contributed by atoms with Gasteiger partial charge >= 0.3 is 0 Å². The Balaban J connectivity index is 2.11. The van der Waals surface area contributed by atoms with E-state index in [1.54, 1.807) is 0 Å². The second-order valence-corrected chi connectivity index (χ2v) is 6.41. The normalized spacial score (nSPS) is 12.8. The van der Waals surface area contributed by atoms with Gasteiger partial charge in [0.1, 0.15) is 11.3 Å². The number of nitrogens with one attached hydrogen (secondary N) is 1. The van der Waals surface area contributed by atoms with Crippen molar-refractivity contribution in [1.82, 2.24) is 5.32 Å². The number of furan rings is 1. The Kier molecular flexibility index (Phi) is 4.07. The number of benzene rings is 2. The Hall–Kier alpha value is -1.29. The van der Waals surface area contributed by atoms with Crippen molar-refractivity contribution < 1.29 is 4.42 Å². The monoisotopic (exact) mass is 363 g/mol. The molecule has 0 aliphatic rings. The lowest BCUT2D eigenvalue weighted by molar-refractivity contribution is 0.490. The average Bonchev–Trinajstić information content (AvgIpc) is 2.86. The van der Waals surface area contributed by atoms with Gasteiger partial charge in [-0.1, -0.05) is 33.6 Å². The molecule has 108 valence electrons. The van der Waals surface area contributed by atoms with Crippen LogP contribution in [0.4, 0.5) is 0 Å². The Morgan fingerprint density at radius 2 is 1.95 bits per heavy atom. The number of halogens is 2. The quantitative estimate of drug-likeness (QED) is 0.667. The van der Waals surface area contributed by atoms with Crippen LogP contribution in [0.2, 0.25) is 5.02 Å². The standard InChI is InChI=1S/C17H15BrClNO/c1-10-3-4-12(18)9-14(10)17(20-2)16-8-11-7-13(19)5-6-15(11)21-16/h3-9,17,20H,1-2H3. The molecule has 4 heteroatoms. The molecule has 0 spiro atoms. The summed E-state index contributed by atoms with van der Waals surface area (Å²) < 4.78 is 7.05. The summed E-state index contributed by atoms with van der Waals surface area (Å²) in [5.41, 5.74) is 3.26. The summed E-state index contributed by atoms with van der Waals surface area (Å²) in [7, 11) is 1.94. The maximum absolute atomic E-state index is 6.04. The third-order valence-electron chi connectivity index (χ3n) is 3.62. The molecule has 1 unspecified atom stereocenters. The van der Waals surface area contributed by atoms with E-state index in [2.05, 4.69) is 40.3 Å². The van der Waals surface area contributed by atoms with Gasteiger partial charge in [0, 0.05) is 14.9 Å². The molecule has 0 bridgehead atoms. The largest absolute Gasteiger partial charge is 0.459 e. The minimum Gasteiger partial charge on any atom is -0.459 e. The average molecular weight is 365 g/mol. The maximum atomic E-state index is 6.04. The summed E-state index contributed by atoms with van der Waals surface area (Å²) >= 11 is 9.58. The van der Waals surface area contributed by atoms with Crippen molar-refractivity contribution in [3.63, 3.8) is 0 Å². The lowest BCUT2D eigenvalue weighted by Gasteiger charge is -2.17. The van der Waals surface area contributed by atoms with E-state index in [-0.39, 0.29) is 6.04 Å². The van der Waals surface area contributed by atoms with Gasteiger partial charge in [0.25, 0.3) is 0 Å². The van der Waals surface area contributed by atoms with Crippen LogP contribution in [0.25, 0.3) is 11.0 Å². The van der Waals surface area contributed by atoms with Gasteiger partial charge in [-0.05, 0) is 61.5 Å². The van der Waals surface area contributed by atoms with E-state index in [1.165, 1.54) is 11.1 Å². The maximum Gasteiger partial charge on any atom is 0.134 e. The first-order chi connectivity index (χ1) is 10.1. The van der Waals surface area contributed by atoms with Crippen molar-refractivity contribution in [3.8, 4) is 0 Å². The number of hydrogen-bond donors (Lipinski definition) is 1. The third-order valence-corrected chi connectivity index (χ3v) is 4.35. The Morgan fingerprint density at radius 1 is 1.14 bits per heavy atom. The Bertz CT molecular complexity index is 797. The predicted molar refractivity (Wildman–Crippen MR) is 91.0 cm³/mol. The topological polar surface area (TPSA) is 25.2 Å². The van der Waals surface area contributed by atoms with Crippen LogP contribution < -0.4 is 5.32 Å². The van der Waals surface area contributed by atoms with Gasteiger partial charge in [-0.25, -0.2) is 0 Å². The highest BCUT2D eigenvalue weighted by Gasteiger charge is 2.19. The summed E-state index contributed by atoms with van der Waals surface area (Å²) in [5.74, 6) is 0.885. The van der Waals surface area contributed by atoms with Crippen LogP contribution in [0.3, 0.4) is 0 Å². The van der Waals surface area contributed by atoms with Gasteiger partial charge in [-0.3, -0.25) is 0 Å². The molecule has 1 atom stereocenters. The van der Waals surface area contributed by atoms with Crippen LogP contribution in [-0.4, -0.2) is 7.05 Å². The van der Waals surface area contributed by atoms with Gasteiger partial charge in [0.15, 0.2) is 0 Å². The first-order valence-electron chi connectivity index (χ1n) is 6.71. The SMILES string of the molecule is CNC(c1cc2cc(Cl)ccc2o1)c1cc(Br)ccc1C. The lowest BCUT2D eigenvalue weighted by atomic mass is 9.99. The highest BCUT2D eigenvalue weighted by Crippen LogP contribution is 2.32. The summed E-state index contributed by atoms with van der Waals surface area (Å²) in [6.45, 7) is 2.10. The van der Waals surface area contributed by atoms with E-state index >= 15 is 0 Å². The van der Waals surface area contributed by atoms with Gasteiger partial charge in [0.05, 0.1) is 6.04 Å². The van der Waals surface area contributed by atoms with Crippen LogP contribution >= 0.6 is 27.5 Å². The van der Waals surface area contributed by atoms with E-state index in [1.807, 2.05) is 37.4 Å². The Labute approximate surface area is 137 Å². The first-order valence-corrected chi connectivity index (χ1v) is 7.88. The summed E-state index contributed by atoms with van der Waals surface area (Å²) in [5, 5.41) is 5.07. The minimum absolute atomic E-state index is 0.00803. The minimum atomic E-state index is 0.00803. The van der Waals surface area contributed by atoms with E-state index in [9.17, 15) is 0 Å². The predicted octanol–water partition coefficient (Wildman–Crippen LogP) is 5.47. The van der Waals surface area contributed by atoms with Gasteiger partial charge in [0.2, 0.25) is 0 Å². The Morgan fingerprint density at radius 3 is 2.71 bits per heavy atom. The highest BCUT2D eigenvalue weighted by atomic mass is 79.9. The van der Waals surface area contributed by atoms with Gasteiger partial charge < -0.3 is 9.73 Å². The lowest BCUT2D eigenvalue weighted by Crippen LogP contribution is -2.18. The molecule has 0 saturated heterocycles. The third kappa shape index (κ3) is 2.86.